The monoisotopic (exact) mass is 336 g/mol. The quantitative estimate of drug-likeness (QED) is 0.774. The van der Waals surface area contributed by atoms with E-state index in [1.807, 2.05) is 48.2 Å². The molecule has 2 aromatic heterocycles. The van der Waals surface area contributed by atoms with Crippen LogP contribution in [0.1, 0.15) is 22.6 Å². The van der Waals surface area contributed by atoms with E-state index in [-0.39, 0.29) is 5.91 Å². The third-order valence-corrected chi connectivity index (χ3v) is 4.56. The van der Waals surface area contributed by atoms with E-state index in [0.29, 0.717) is 12.2 Å². The van der Waals surface area contributed by atoms with Crippen molar-refractivity contribution >= 4 is 22.6 Å². The Morgan fingerprint density at radius 3 is 2.76 bits per heavy atom. The van der Waals surface area contributed by atoms with Crippen LogP contribution in [0.4, 0.5) is 5.82 Å². The lowest BCUT2D eigenvalue weighted by Crippen LogP contribution is -2.35. The Balaban J connectivity index is 1.50. The molecule has 1 aliphatic heterocycles. The van der Waals surface area contributed by atoms with Crippen LogP contribution >= 0.6 is 0 Å². The van der Waals surface area contributed by atoms with Crippen LogP contribution in [0.15, 0.2) is 36.4 Å². The summed E-state index contributed by atoms with van der Waals surface area (Å²) in [6, 6.07) is 11.7. The zero-order chi connectivity index (χ0) is 17.2. The maximum absolute atomic E-state index is 12.9. The van der Waals surface area contributed by atoms with Gasteiger partial charge in [-0.05, 0) is 31.5 Å². The molecule has 0 aliphatic carbocycles. The first-order valence-corrected chi connectivity index (χ1v) is 8.50. The fourth-order valence-corrected chi connectivity index (χ4v) is 3.19. The molecule has 1 N–H and O–H groups in total. The van der Waals surface area contributed by atoms with Crippen molar-refractivity contribution in [3.8, 4) is 0 Å². The van der Waals surface area contributed by atoms with Gasteiger partial charge in [0.05, 0.1) is 11.2 Å². The number of benzene rings is 1. The van der Waals surface area contributed by atoms with Gasteiger partial charge in [-0.15, -0.1) is 5.10 Å². The van der Waals surface area contributed by atoms with Gasteiger partial charge in [0.1, 0.15) is 0 Å². The number of para-hydroxylation sites is 1. The van der Waals surface area contributed by atoms with Crippen LogP contribution in [-0.2, 0) is 0 Å². The molecule has 7 nitrogen and oxygen atoms in total. The lowest BCUT2D eigenvalue weighted by atomic mass is 10.2. The van der Waals surface area contributed by atoms with Gasteiger partial charge in [-0.2, -0.15) is 10.2 Å². The summed E-state index contributed by atoms with van der Waals surface area (Å²) >= 11 is 0. The van der Waals surface area contributed by atoms with Crippen LogP contribution in [0.25, 0.3) is 10.9 Å². The summed E-state index contributed by atoms with van der Waals surface area (Å²) in [5.74, 6) is 0.847. The second-order valence-corrected chi connectivity index (χ2v) is 6.28. The molecule has 0 atom stereocenters. The second-order valence-electron chi connectivity index (χ2n) is 6.28. The van der Waals surface area contributed by atoms with Gasteiger partial charge in [0.2, 0.25) is 0 Å². The van der Waals surface area contributed by atoms with Crippen LogP contribution in [-0.4, -0.2) is 57.4 Å². The Hall–Kier alpha value is -2.96. The Labute approximate surface area is 145 Å². The number of hydrogen-bond acceptors (Lipinski definition) is 5. The van der Waals surface area contributed by atoms with Gasteiger partial charge in [0.25, 0.3) is 5.91 Å². The van der Waals surface area contributed by atoms with Crippen molar-refractivity contribution in [1.82, 2.24) is 25.3 Å². The predicted molar refractivity (Wildman–Crippen MR) is 95.6 cm³/mol. The van der Waals surface area contributed by atoms with Crippen molar-refractivity contribution < 1.29 is 4.79 Å². The van der Waals surface area contributed by atoms with E-state index in [0.717, 1.165) is 48.5 Å². The highest BCUT2D eigenvalue weighted by Crippen LogP contribution is 2.19. The zero-order valence-electron chi connectivity index (χ0n) is 14.1. The number of aryl methyl sites for hydroxylation is 1. The predicted octanol–water partition coefficient (Wildman–Crippen LogP) is 2.01. The van der Waals surface area contributed by atoms with Gasteiger partial charge >= 0.3 is 0 Å². The van der Waals surface area contributed by atoms with E-state index in [9.17, 15) is 4.79 Å². The smallest absolute Gasteiger partial charge is 0.275 e. The molecule has 3 heterocycles. The van der Waals surface area contributed by atoms with Crippen LogP contribution in [0.5, 0.6) is 0 Å². The van der Waals surface area contributed by atoms with Crippen molar-refractivity contribution in [2.75, 3.05) is 31.1 Å². The third kappa shape index (κ3) is 3.05. The van der Waals surface area contributed by atoms with Crippen molar-refractivity contribution in [2.24, 2.45) is 0 Å². The molecule has 1 amide bonds. The number of rotatable bonds is 2. The van der Waals surface area contributed by atoms with Gasteiger partial charge in [-0.3, -0.25) is 9.89 Å². The van der Waals surface area contributed by atoms with E-state index in [1.165, 1.54) is 0 Å². The van der Waals surface area contributed by atoms with Crippen LogP contribution in [0.2, 0.25) is 0 Å². The Morgan fingerprint density at radius 2 is 1.92 bits per heavy atom. The highest BCUT2D eigenvalue weighted by Gasteiger charge is 2.24. The number of carbonyl (C=O) groups is 1. The van der Waals surface area contributed by atoms with E-state index in [1.54, 1.807) is 0 Å². The van der Waals surface area contributed by atoms with Crippen LogP contribution in [0.3, 0.4) is 0 Å². The van der Waals surface area contributed by atoms with Gasteiger partial charge in [0.15, 0.2) is 11.5 Å². The Morgan fingerprint density at radius 1 is 1.04 bits per heavy atom. The van der Waals surface area contributed by atoms with Gasteiger partial charge in [-0.25, -0.2) is 0 Å². The molecule has 25 heavy (non-hydrogen) atoms. The maximum atomic E-state index is 12.9. The fraction of sp³-hybridized carbons (Fsp3) is 0.333. The van der Waals surface area contributed by atoms with Crippen LogP contribution in [0, 0.1) is 6.92 Å². The van der Waals surface area contributed by atoms with Crippen molar-refractivity contribution in [3.63, 3.8) is 0 Å². The normalized spacial score (nSPS) is 15.4. The number of amides is 1. The molecule has 0 unspecified atom stereocenters. The Kier molecular flexibility index (Phi) is 4.05. The van der Waals surface area contributed by atoms with E-state index in [4.69, 9.17) is 0 Å². The van der Waals surface area contributed by atoms with Gasteiger partial charge in [-0.1, -0.05) is 18.2 Å². The lowest BCUT2D eigenvalue weighted by molar-refractivity contribution is 0.0763. The van der Waals surface area contributed by atoms with Gasteiger partial charge < -0.3 is 9.80 Å². The van der Waals surface area contributed by atoms with E-state index in [2.05, 4.69) is 25.3 Å². The average Bonchev–Trinajstić information content (AvgIpc) is 2.91. The summed E-state index contributed by atoms with van der Waals surface area (Å²) in [5, 5.41) is 16.4. The number of H-pyrrole nitrogens is 1. The molecule has 1 aromatic carbocycles. The van der Waals surface area contributed by atoms with Crippen molar-refractivity contribution in [2.45, 2.75) is 13.3 Å². The maximum Gasteiger partial charge on any atom is 0.275 e. The highest BCUT2D eigenvalue weighted by atomic mass is 16.2. The molecule has 1 fully saturated rings. The van der Waals surface area contributed by atoms with Gasteiger partial charge in [0, 0.05) is 31.6 Å². The number of fused-ring (bicyclic) bond motifs is 1. The minimum absolute atomic E-state index is 0.0192. The summed E-state index contributed by atoms with van der Waals surface area (Å²) < 4.78 is 0. The first-order chi connectivity index (χ1) is 12.2. The number of anilines is 1. The Bertz CT molecular complexity index is 888. The number of aromatic nitrogens is 4. The largest absolute Gasteiger partial charge is 0.353 e. The highest BCUT2D eigenvalue weighted by molar-refractivity contribution is 6.04. The molecule has 128 valence electrons. The third-order valence-electron chi connectivity index (χ3n) is 4.56. The van der Waals surface area contributed by atoms with E-state index >= 15 is 0 Å². The molecular weight excluding hydrogens is 316 g/mol. The number of nitrogens with one attached hydrogen (secondary N) is 1. The number of hydrogen-bond donors (Lipinski definition) is 1. The zero-order valence-corrected chi connectivity index (χ0v) is 14.1. The average molecular weight is 336 g/mol. The minimum atomic E-state index is -0.0192. The molecule has 0 bridgehead atoms. The summed E-state index contributed by atoms with van der Waals surface area (Å²) in [7, 11) is 0. The standard InChI is InChI=1S/C18H20N6O/c1-13-7-8-16(21-19-13)23-9-4-10-24(12-11-23)18(25)17-14-5-2-3-6-15(14)20-22-17/h2-3,5-8H,4,9-12H2,1H3,(H,20,22). The molecule has 0 spiro atoms. The topological polar surface area (TPSA) is 78.0 Å². The molecule has 0 saturated carbocycles. The molecule has 3 aromatic rings. The van der Waals surface area contributed by atoms with Crippen molar-refractivity contribution in [3.05, 3.63) is 47.8 Å². The number of nitrogens with zero attached hydrogens (tertiary/aromatic N) is 5. The van der Waals surface area contributed by atoms with Crippen LogP contribution < -0.4 is 4.90 Å². The lowest BCUT2D eigenvalue weighted by Gasteiger charge is -2.22. The molecule has 7 heteroatoms. The van der Waals surface area contributed by atoms with E-state index < -0.39 is 0 Å². The molecule has 0 radical (unpaired) electrons. The second kappa shape index (κ2) is 6.51. The molecule has 1 aliphatic rings. The number of aromatic amines is 1. The summed E-state index contributed by atoms with van der Waals surface area (Å²) in [6.07, 6.45) is 0.893. The summed E-state index contributed by atoms with van der Waals surface area (Å²) in [6.45, 7) is 4.90. The summed E-state index contributed by atoms with van der Waals surface area (Å²) in [5.41, 5.74) is 2.29. The first-order valence-electron chi connectivity index (χ1n) is 8.50. The summed E-state index contributed by atoms with van der Waals surface area (Å²) in [4.78, 5) is 17.0. The molecule has 4 rings (SSSR count). The fourth-order valence-electron chi connectivity index (χ4n) is 3.19. The minimum Gasteiger partial charge on any atom is -0.353 e. The first kappa shape index (κ1) is 15.6. The SMILES string of the molecule is Cc1ccc(N2CCCN(C(=O)c3n[nH]c4ccccc34)CC2)nn1. The van der Waals surface area contributed by atoms with Crippen molar-refractivity contribution in [1.29, 1.82) is 0 Å². The molecule has 1 saturated heterocycles. The molecular formula is C18H20N6O. The number of carbonyl (C=O) groups excluding carboxylic acids is 1.